The van der Waals surface area contributed by atoms with Crippen molar-refractivity contribution in [3.8, 4) is 0 Å². The van der Waals surface area contributed by atoms with E-state index in [2.05, 4.69) is 43.3 Å². The summed E-state index contributed by atoms with van der Waals surface area (Å²) < 4.78 is 0. The average Bonchev–Trinajstić information content (AvgIpc) is 1.64. The molecule has 0 N–H and O–H groups in total. The summed E-state index contributed by atoms with van der Waals surface area (Å²) in [6.07, 6.45) is 0. The molecule has 0 aliphatic carbocycles. The first-order chi connectivity index (χ1) is 3.55. The summed E-state index contributed by atoms with van der Waals surface area (Å²) in [6.45, 7) is 9.30. The molecular formula is C6H14PSe. The maximum absolute atomic E-state index is 3.24. The molecule has 49 valence electrons. The minimum atomic E-state index is 0.176. The molecular weight excluding hydrogens is 182 g/mol. The third-order valence-electron chi connectivity index (χ3n) is 1.02. The fourth-order valence-corrected chi connectivity index (χ4v) is 1.79. The maximum atomic E-state index is 3.24. The van der Waals surface area contributed by atoms with Crippen molar-refractivity contribution >= 4 is 22.2 Å². The van der Waals surface area contributed by atoms with Gasteiger partial charge in [0, 0.05) is 0 Å². The fraction of sp³-hybridized carbons (Fsp3) is 1.00. The molecule has 1 radical (unpaired) electrons. The molecule has 8 heavy (non-hydrogen) atoms. The van der Waals surface area contributed by atoms with Crippen molar-refractivity contribution in [3.05, 3.63) is 0 Å². The second-order valence-corrected chi connectivity index (χ2v) is 7.99. The van der Waals surface area contributed by atoms with Gasteiger partial charge in [-0.1, -0.05) is 0 Å². The van der Waals surface area contributed by atoms with Gasteiger partial charge in [-0.2, -0.15) is 0 Å². The van der Waals surface area contributed by atoms with Crippen molar-refractivity contribution in [2.45, 2.75) is 39.0 Å². The molecule has 0 atom stereocenters. The third kappa shape index (κ3) is 3.07. The first kappa shape index (κ1) is 8.95. The van der Waals surface area contributed by atoms with Crippen LogP contribution in [0.4, 0.5) is 0 Å². The molecule has 0 amide bonds. The Morgan fingerprint density at radius 2 is 1.25 bits per heavy atom. The quantitative estimate of drug-likeness (QED) is 0.469. The monoisotopic (exact) mass is 197 g/mol. The number of hydrogen-bond acceptors (Lipinski definition) is 0. The molecule has 0 aliphatic rings. The van der Waals surface area contributed by atoms with Crippen molar-refractivity contribution in [2.75, 3.05) is 0 Å². The summed E-state index contributed by atoms with van der Waals surface area (Å²) in [6, 6.07) is 0. The van der Waals surface area contributed by atoms with E-state index in [0.717, 1.165) is 11.3 Å². The van der Waals surface area contributed by atoms with Crippen LogP contribution in [0.3, 0.4) is 0 Å². The van der Waals surface area contributed by atoms with Crippen LogP contribution in [-0.2, 0) is 0 Å². The van der Waals surface area contributed by atoms with Gasteiger partial charge in [-0.15, -0.1) is 0 Å². The summed E-state index contributed by atoms with van der Waals surface area (Å²) in [7, 11) is 0. The van der Waals surface area contributed by atoms with E-state index >= 15 is 0 Å². The predicted octanol–water partition coefficient (Wildman–Crippen LogP) is 2.37. The van der Waals surface area contributed by atoms with Crippen LogP contribution in [-0.4, -0.2) is 26.9 Å². The van der Waals surface area contributed by atoms with Gasteiger partial charge >= 0.3 is 61.2 Å². The number of rotatable bonds is 2. The van der Waals surface area contributed by atoms with E-state index in [4.69, 9.17) is 0 Å². The van der Waals surface area contributed by atoms with Gasteiger partial charge < -0.3 is 0 Å². The topological polar surface area (TPSA) is 0 Å². The summed E-state index contributed by atoms with van der Waals surface area (Å²) in [5.74, 6) is 0. The molecule has 0 aromatic rings. The van der Waals surface area contributed by atoms with Gasteiger partial charge in [0.05, 0.1) is 0 Å². The standard InChI is InChI=1S/C6H14PSe/c1-5(2)7(8)6(3)4/h5-6H,1-4H3. The second kappa shape index (κ2) is 3.88. The number of hydrogen-bond donors (Lipinski definition) is 0. The average molecular weight is 196 g/mol. The Morgan fingerprint density at radius 3 is 1.25 bits per heavy atom. The Bertz CT molecular complexity index is 53.5. The SMILES string of the molecule is CC(C)P([Se])C(C)C. The Hall–Kier alpha value is 0.949. The van der Waals surface area contributed by atoms with Crippen LogP contribution in [0.2, 0.25) is 0 Å². The van der Waals surface area contributed by atoms with Gasteiger partial charge in [0.25, 0.3) is 0 Å². The fourth-order valence-electron chi connectivity index (χ4n) is 0.596. The molecule has 0 unspecified atom stereocenters. The summed E-state index contributed by atoms with van der Waals surface area (Å²) in [5.41, 5.74) is 1.70. The minimum absolute atomic E-state index is 0.176. The van der Waals surface area contributed by atoms with E-state index in [1.54, 1.807) is 0 Å². The van der Waals surface area contributed by atoms with Crippen molar-refractivity contribution in [3.63, 3.8) is 0 Å². The molecule has 0 saturated carbocycles. The van der Waals surface area contributed by atoms with E-state index in [1.807, 2.05) is 0 Å². The molecule has 0 saturated heterocycles. The Kier molecular flexibility index (Phi) is 4.34. The van der Waals surface area contributed by atoms with Crippen molar-refractivity contribution in [1.82, 2.24) is 0 Å². The Balaban J connectivity index is 3.46. The summed E-state index contributed by atoms with van der Waals surface area (Å²) >= 11 is 3.24. The van der Waals surface area contributed by atoms with E-state index in [-0.39, 0.29) is 6.61 Å². The van der Waals surface area contributed by atoms with Crippen molar-refractivity contribution in [2.24, 2.45) is 0 Å². The van der Waals surface area contributed by atoms with E-state index in [1.165, 1.54) is 0 Å². The van der Waals surface area contributed by atoms with Crippen molar-refractivity contribution in [1.29, 1.82) is 0 Å². The molecule has 0 rings (SSSR count). The molecule has 2 heteroatoms. The van der Waals surface area contributed by atoms with Gasteiger partial charge in [-0.25, -0.2) is 0 Å². The van der Waals surface area contributed by atoms with Crippen molar-refractivity contribution < 1.29 is 0 Å². The first-order valence-electron chi connectivity index (χ1n) is 3.01. The van der Waals surface area contributed by atoms with Crippen LogP contribution in [0, 0.1) is 0 Å². The van der Waals surface area contributed by atoms with E-state index in [0.29, 0.717) is 0 Å². The molecule has 0 fully saturated rings. The van der Waals surface area contributed by atoms with Gasteiger partial charge in [-0.3, -0.25) is 0 Å². The summed E-state index contributed by atoms with van der Waals surface area (Å²) in [5, 5.41) is 0. The van der Waals surface area contributed by atoms with Crippen LogP contribution in [0.5, 0.6) is 0 Å². The molecule has 0 bridgehead atoms. The third-order valence-corrected chi connectivity index (χ3v) is 8.36. The van der Waals surface area contributed by atoms with E-state index < -0.39 is 0 Å². The van der Waals surface area contributed by atoms with Crippen LogP contribution in [0.25, 0.3) is 0 Å². The molecule has 0 nitrogen and oxygen atoms in total. The molecule has 0 aliphatic heterocycles. The van der Waals surface area contributed by atoms with Gasteiger partial charge in [-0.05, 0) is 0 Å². The van der Waals surface area contributed by atoms with Gasteiger partial charge in [0.2, 0.25) is 0 Å². The zero-order valence-electron chi connectivity index (χ0n) is 6.01. The van der Waals surface area contributed by atoms with Crippen LogP contribution < -0.4 is 0 Å². The first-order valence-corrected chi connectivity index (χ1v) is 6.70. The van der Waals surface area contributed by atoms with Gasteiger partial charge in [0.1, 0.15) is 0 Å². The molecule has 0 spiro atoms. The van der Waals surface area contributed by atoms with E-state index in [9.17, 15) is 0 Å². The molecule has 0 heterocycles. The molecule has 0 aromatic heterocycles. The zero-order chi connectivity index (χ0) is 6.73. The van der Waals surface area contributed by atoms with Gasteiger partial charge in [0.15, 0.2) is 0 Å². The molecule has 0 aromatic carbocycles. The van der Waals surface area contributed by atoms with Crippen LogP contribution >= 0.6 is 6.61 Å². The Labute approximate surface area is 61.6 Å². The predicted molar refractivity (Wildman–Crippen MR) is 42.9 cm³/mol. The normalized spacial score (nSPS) is 12.0. The Morgan fingerprint density at radius 1 is 1.00 bits per heavy atom. The van der Waals surface area contributed by atoms with Crippen LogP contribution in [0.1, 0.15) is 27.7 Å². The zero-order valence-corrected chi connectivity index (χ0v) is 8.62. The van der Waals surface area contributed by atoms with Crippen LogP contribution in [0.15, 0.2) is 0 Å². The second-order valence-electron chi connectivity index (χ2n) is 2.55. The summed E-state index contributed by atoms with van der Waals surface area (Å²) in [4.78, 5) is 0.